The van der Waals surface area contributed by atoms with Crippen LogP contribution < -0.4 is 4.90 Å². The molecule has 0 spiro atoms. The van der Waals surface area contributed by atoms with Crippen molar-refractivity contribution in [2.24, 2.45) is 11.3 Å². The van der Waals surface area contributed by atoms with Gasteiger partial charge in [-0.15, -0.1) is 0 Å². The van der Waals surface area contributed by atoms with Gasteiger partial charge >= 0.3 is 0 Å². The van der Waals surface area contributed by atoms with Crippen molar-refractivity contribution in [1.29, 1.82) is 0 Å². The molecule has 1 fully saturated rings. The van der Waals surface area contributed by atoms with E-state index in [9.17, 15) is 5.11 Å². The fourth-order valence-corrected chi connectivity index (χ4v) is 3.23. The molecule has 5 heteroatoms. The Kier molecular flexibility index (Phi) is 3.38. The summed E-state index contributed by atoms with van der Waals surface area (Å²) in [5.74, 6) is 1.44. The van der Waals surface area contributed by atoms with Crippen LogP contribution in [-0.4, -0.2) is 39.8 Å². The number of aliphatic hydroxyl groups excluding tert-OH is 1. The van der Waals surface area contributed by atoms with Crippen molar-refractivity contribution < 1.29 is 5.11 Å². The molecule has 0 amide bonds. The maximum atomic E-state index is 9.88. The van der Waals surface area contributed by atoms with Gasteiger partial charge in [-0.3, -0.25) is 0 Å². The van der Waals surface area contributed by atoms with E-state index < -0.39 is 0 Å². The molecule has 0 aliphatic carbocycles. The average Bonchev–Trinajstić information content (AvgIpc) is 2.95. The molecule has 2 N–H and O–H groups in total. The summed E-state index contributed by atoms with van der Waals surface area (Å²) in [4.78, 5) is 14.2. The molecule has 5 nitrogen and oxygen atoms in total. The SMILES string of the molecule is CC(C)C1(CO)CCCN(c2ncnc3[nH]ccc23)C1. The Morgan fingerprint density at radius 3 is 3.05 bits per heavy atom. The Balaban J connectivity index is 1.96. The minimum atomic E-state index is -0.0220. The minimum Gasteiger partial charge on any atom is -0.396 e. The highest BCUT2D eigenvalue weighted by Gasteiger charge is 2.38. The highest BCUT2D eigenvalue weighted by molar-refractivity contribution is 5.87. The largest absolute Gasteiger partial charge is 0.396 e. The number of aromatic amines is 1. The number of H-pyrrole nitrogens is 1. The smallest absolute Gasteiger partial charge is 0.142 e. The zero-order valence-electron chi connectivity index (χ0n) is 12.1. The lowest BCUT2D eigenvalue weighted by Crippen LogP contribution is -2.48. The minimum absolute atomic E-state index is 0.0220. The molecule has 20 heavy (non-hydrogen) atoms. The molecular weight excluding hydrogens is 252 g/mol. The predicted octanol–water partition coefficient (Wildman–Crippen LogP) is 2.19. The van der Waals surface area contributed by atoms with E-state index in [0.717, 1.165) is 42.8 Å². The first-order valence-corrected chi connectivity index (χ1v) is 7.30. The second kappa shape index (κ2) is 5.05. The summed E-state index contributed by atoms with van der Waals surface area (Å²) in [6, 6.07) is 2.02. The molecule has 108 valence electrons. The number of fused-ring (bicyclic) bond motifs is 1. The zero-order valence-corrected chi connectivity index (χ0v) is 12.1. The molecule has 1 aliphatic heterocycles. The van der Waals surface area contributed by atoms with Crippen molar-refractivity contribution in [1.82, 2.24) is 15.0 Å². The maximum absolute atomic E-state index is 9.88. The van der Waals surface area contributed by atoms with Gasteiger partial charge in [0.2, 0.25) is 0 Å². The first-order valence-electron chi connectivity index (χ1n) is 7.30. The summed E-state index contributed by atoms with van der Waals surface area (Å²) in [5.41, 5.74) is 0.853. The van der Waals surface area contributed by atoms with Crippen LogP contribution >= 0.6 is 0 Å². The zero-order chi connectivity index (χ0) is 14.2. The normalized spacial score (nSPS) is 23.7. The van der Waals surface area contributed by atoms with Gasteiger partial charge in [-0.25, -0.2) is 9.97 Å². The van der Waals surface area contributed by atoms with Crippen molar-refractivity contribution in [3.8, 4) is 0 Å². The van der Waals surface area contributed by atoms with Crippen molar-refractivity contribution in [2.75, 3.05) is 24.6 Å². The number of aromatic nitrogens is 3. The Hall–Kier alpha value is -1.62. The van der Waals surface area contributed by atoms with Crippen molar-refractivity contribution in [3.63, 3.8) is 0 Å². The molecule has 0 bridgehead atoms. The number of aliphatic hydroxyl groups is 1. The quantitative estimate of drug-likeness (QED) is 0.900. The second-order valence-electron chi connectivity index (χ2n) is 6.14. The van der Waals surface area contributed by atoms with Crippen LogP contribution in [0.3, 0.4) is 0 Å². The van der Waals surface area contributed by atoms with E-state index in [2.05, 4.69) is 33.7 Å². The summed E-state index contributed by atoms with van der Waals surface area (Å²) < 4.78 is 0. The van der Waals surface area contributed by atoms with Gasteiger partial charge in [0.15, 0.2) is 0 Å². The molecule has 1 unspecified atom stereocenters. The lowest BCUT2D eigenvalue weighted by atomic mass is 9.72. The van der Waals surface area contributed by atoms with Gasteiger partial charge in [0, 0.05) is 24.7 Å². The van der Waals surface area contributed by atoms with Gasteiger partial charge in [-0.2, -0.15) is 0 Å². The molecule has 0 radical (unpaired) electrons. The van der Waals surface area contributed by atoms with Crippen LogP contribution in [0.2, 0.25) is 0 Å². The standard InChI is InChI=1S/C15H22N4O/c1-11(2)15(9-20)5-3-7-19(8-15)14-12-4-6-16-13(12)17-10-18-14/h4,6,10-11,20H,3,5,7-9H2,1-2H3,(H,16,17,18). The topological polar surface area (TPSA) is 65.0 Å². The van der Waals surface area contributed by atoms with E-state index in [1.807, 2.05) is 12.3 Å². The van der Waals surface area contributed by atoms with Crippen LogP contribution in [0.15, 0.2) is 18.6 Å². The molecule has 3 rings (SSSR count). The van der Waals surface area contributed by atoms with Crippen molar-refractivity contribution >= 4 is 16.9 Å². The first-order chi connectivity index (χ1) is 9.66. The Bertz CT molecular complexity index is 594. The number of anilines is 1. The van der Waals surface area contributed by atoms with Crippen LogP contribution in [0.4, 0.5) is 5.82 Å². The van der Waals surface area contributed by atoms with Gasteiger partial charge in [0.1, 0.15) is 17.8 Å². The molecule has 1 saturated heterocycles. The van der Waals surface area contributed by atoms with E-state index in [1.165, 1.54) is 0 Å². The van der Waals surface area contributed by atoms with Crippen molar-refractivity contribution in [3.05, 3.63) is 18.6 Å². The number of piperidine rings is 1. The van der Waals surface area contributed by atoms with Gasteiger partial charge < -0.3 is 15.0 Å². The Morgan fingerprint density at radius 1 is 1.45 bits per heavy atom. The van der Waals surface area contributed by atoms with E-state index in [4.69, 9.17) is 0 Å². The monoisotopic (exact) mass is 274 g/mol. The Labute approximate surface area is 119 Å². The molecule has 2 aromatic rings. The van der Waals surface area contributed by atoms with Crippen molar-refractivity contribution in [2.45, 2.75) is 26.7 Å². The molecule has 3 heterocycles. The summed E-state index contributed by atoms with van der Waals surface area (Å²) in [5, 5.41) is 10.9. The number of nitrogens with one attached hydrogen (secondary N) is 1. The van der Waals surface area contributed by atoms with Gasteiger partial charge in [-0.1, -0.05) is 13.8 Å². The summed E-state index contributed by atoms with van der Waals surface area (Å²) in [6.07, 6.45) is 5.68. The lowest BCUT2D eigenvalue weighted by molar-refractivity contribution is 0.0599. The van der Waals surface area contributed by atoms with Gasteiger partial charge in [-0.05, 0) is 24.8 Å². The van der Waals surface area contributed by atoms with Crippen LogP contribution in [0.1, 0.15) is 26.7 Å². The first kappa shape index (κ1) is 13.4. The molecular formula is C15H22N4O. The molecule has 1 atom stereocenters. The van der Waals surface area contributed by atoms with E-state index >= 15 is 0 Å². The number of hydrogen-bond acceptors (Lipinski definition) is 4. The van der Waals surface area contributed by atoms with Crippen LogP contribution in [-0.2, 0) is 0 Å². The third-order valence-electron chi connectivity index (χ3n) is 4.78. The summed E-state index contributed by atoms with van der Waals surface area (Å²) >= 11 is 0. The molecule has 1 aliphatic rings. The summed E-state index contributed by atoms with van der Waals surface area (Å²) in [7, 11) is 0. The highest BCUT2D eigenvalue weighted by atomic mass is 16.3. The number of hydrogen-bond donors (Lipinski definition) is 2. The molecule has 0 aromatic carbocycles. The van der Waals surface area contributed by atoms with Gasteiger partial charge in [0.25, 0.3) is 0 Å². The summed E-state index contributed by atoms with van der Waals surface area (Å²) in [6.45, 7) is 6.49. The third-order valence-corrected chi connectivity index (χ3v) is 4.78. The van der Waals surface area contributed by atoms with Gasteiger partial charge in [0.05, 0.1) is 12.0 Å². The van der Waals surface area contributed by atoms with Crippen LogP contribution in [0.25, 0.3) is 11.0 Å². The maximum Gasteiger partial charge on any atom is 0.142 e. The second-order valence-corrected chi connectivity index (χ2v) is 6.14. The molecule has 2 aromatic heterocycles. The number of nitrogens with zero attached hydrogens (tertiary/aromatic N) is 3. The number of rotatable bonds is 3. The fraction of sp³-hybridized carbons (Fsp3) is 0.600. The fourth-order valence-electron chi connectivity index (χ4n) is 3.23. The lowest BCUT2D eigenvalue weighted by Gasteiger charge is -2.45. The van der Waals surface area contributed by atoms with E-state index in [0.29, 0.717) is 5.92 Å². The Morgan fingerprint density at radius 2 is 2.30 bits per heavy atom. The predicted molar refractivity (Wildman–Crippen MR) is 79.7 cm³/mol. The van der Waals surface area contributed by atoms with Crippen LogP contribution in [0, 0.1) is 11.3 Å². The van der Waals surface area contributed by atoms with E-state index in [-0.39, 0.29) is 12.0 Å². The van der Waals surface area contributed by atoms with E-state index in [1.54, 1.807) is 6.33 Å². The highest BCUT2D eigenvalue weighted by Crippen LogP contribution is 2.39. The van der Waals surface area contributed by atoms with Crippen LogP contribution in [0.5, 0.6) is 0 Å². The average molecular weight is 274 g/mol. The third kappa shape index (κ3) is 2.06. The molecule has 0 saturated carbocycles.